The predicted octanol–water partition coefficient (Wildman–Crippen LogP) is 2.35. The van der Waals surface area contributed by atoms with Crippen LogP contribution in [0.1, 0.15) is 18.9 Å². The molecule has 4 aromatic heterocycles. The van der Waals surface area contributed by atoms with Gasteiger partial charge in [0.05, 0.1) is 29.0 Å². The zero-order chi connectivity index (χ0) is 19.3. The van der Waals surface area contributed by atoms with E-state index in [1.54, 1.807) is 15.3 Å². The number of amides is 1. The molecule has 0 bridgehead atoms. The number of imidazole rings is 1. The van der Waals surface area contributed by atoms with E-state index in [1.807, 2.05) is 36.5 Å². The fraction of sp³-hybridized carbons (Fsp3) is 0.263. The van der Waals surface area contributed by atoms with Crippen LogP contribution in [0.2, 0.25) is 0 Å². The first-order valence-corrected chi connectivity index (χ1v) is 9.14. The largest absolute Gasteiger partial charge is 0.465 e. The predicted molar refractivity (Wildman–Crippen MR) is 102 cm³/mol. The van der Waals surface area contributed by atoms with E-state index < -0.39 is 6.09 Å². The van der Waals surface area contributed by atoms with Gasteiger partial charge >= 0.3 is 11.8 Å². The van der Waals surface area contributed by atoms with E-state index in [2.05, 4.69) is 10.1 Å². The number of carbonyl (C=O) groups is 1. The second-order valence-electron chi connectivity index (χ2n) is 6.98. The van der Waals surface area contributed by atoms with Crippen LogP contribution in [0.25, 0.3) is 27.9 Å². The second-order valence-corrected chi connectivity index (χ2v) is 6.98. The third-order valence-corrected chi connectivity index (χ3v) is 5.30. The minimum absolute atomic E-state index is 0.238. The molecular weight excluding hydrogens is 360 g/mol. The van der Waals surface area contributed by atoms with Gasteiger partial charge in [-0.05, 0) is 37.1 Å². The number of likely N-dealkylation sites (tertiary alicyclic amines) is 1. The number of fused-ring (bicyclic) bond motifs is 2. The first-order valence-electron chi connectivity index (χ1n) is 9.14. The third kappa shape index (κ3) is 2.55. The Hall–Kier alpha value is -3.62. The van der Waals surface area contributed by atoms with Crippen LogP contribution in [0, 0.1) is 0 Å². The molecule has 1 amide bonds. The van der Waals surface area contributed by atoms with Crippen molar-refractivity contribution in [1.82, 2.24) is 29.0 Å². The fourth-order valence-corrected chi connectivity index (χ4v) is 3.96. The van der Waals surface area contributed by atoms with Crippen molar-refractivity contribution >= 4 is 22.8 Å². The molecule has 1 aliphatic heterocycles. The maximum Gasteiger partial charge on any atom is 0.407 e. The first-order chi connectivity index (χ1) is 13.6. The van der Waals surface area contributed by atoms with Crippen molar-refractivity contribution in [3.63, 3.8) is 0 Å². The molecule has 0 spiro atoms. The van der Waals surface area contributed by atoms with Crippen LogP contribution >= 0.6 is 0 Å². The van der Waals surface area contributed by atoms with Crippen LogP contribution in [-0.2, 0) is 0 Å². The number of piperidine rings is 1. The van der Waals surface area contributed by atoms with Gasteiger partial charge in [0.15, 0.2) is 5.65 Å². The standard InChI is InChI=1S/C19H18N6O3/c26-18-22-15-7-6-14(13-10-20-24-9-2-1-5-16(13)24)21-17(15)25(18)12-4-3-8-23(11-12)19(27)28/h1-2,5-7,9-10,12H,3-4,8,11H2,(H,22,26)(H,27,28). The number of aromatic amines is 1. The summed E-state index contributed by atoms with van der Waals surface area (Å²) in [6.07, 6.45) is 4.11. The highest BCUT2D eigenvalue weighted by Gasteiger charge is 2.27. The molecular formula is C19H18N6O3. The lowest BCUT2D eigenvalue weighted by atomic mass is 10.1. The highest BCUT2D eigenvalue weighted by atomic mass is 16.4. The summed E-state index contributed by atoms with van der Waals surface area (Å²) >= 11 is 0. The molecule has 0 saturated carbocycles. The van der Waals surface area contributed by atoms with Gasteiger partial charge < -0.3 is 15.0 Å². The van der Waals surface area contributed by atoms with Gasteiger partial charge in [-0.3, -0.25) is 4.57 Å². The molecule has 1 unspecified atom stereocenters. The molecule has 0 aliphatic carbocycles. The van der Waals surface area contributed by atoms with Crippen molar-refractivity contribution in [1.29, 1.82) is 0 Å². The number of nitrogens with zero attached hydrogens (tertiary/aromatic N) is 5. The summed E-state index contributed by atoms with van der Waals surface area (Å²) in [6, 6.07) is 9.26. The van der Waals surface area contributed by atoms with Crippen LogP contribution < -0.4 is 5.69 Å². The summed E-state index contributed by atoms with van der Waals surface area (Å²) in [6.45, 7) is 0.773. The van der Waals surface area contributed by atoms with E-state index in [0.717, 1.165) is 17.5 Å². The fourth-order valence-electron chi connectivity index (χ4n) is 3.96. The van der Waals surface area contributed by atoms with Gasteiger partial charge in [0, 0.05) is 24.8 Å². The SMILES string of the molecule is O=C(O)N1CCCC(n2c(=O)[nH]c3ccc(-c4cnn5ccccc45)nc32)C1. The van der Waals surface area contributed by atoms with Crippen molar-refractivity contribution < 1.29 is 9.90 Å². The van der Waals surface area contributed by atoms with Crippen molar-refractivity contribution in [2.24, 2.45) is 0 Å². The van der Waals surface area contributed by atoms with E-state index in [1.165, 1.54) is 4.90 Å². The number of aromatic nitrogens is 5. The van der Waals surface area contributed by atoms with E-state index >= 15 is 0 Å². The summed E-state index contributed by atoms with van der Waals surface area (Å²) in [7, 11) is 0. The number of rotatable bonds is 2. The zero-order valence-corrected chi connectivity index (χ0v) is 14.9. The lowest BCUT2D eigenvalue weighted by molar-refractivity contribution is 0.121. The Morgan fingerprint density at radius 2 is 2.14 bits per heavy atom. The Labute approximate surface area is 158 Å². The molecule has 142 valence electrons. The summed E-state index contributed by atoms with van der Waals surface area (Å²) in [5.41, 5.74) is 3.42. The Bertz CT molecular complexity index is 1250. The Morgan fingerprint density at radius 1 is 1.25 bits per heavy atom. The van der Waals surface area contributed by atoms with Gasteiger partial charge in [0.1, 0.15) is 0 Å². The molecule has 5 heterocycles. The Morgan fingerprint density at radius 3 is 3.00 bits per heavy atom. The molecule has 4 aromatic rings. The van der Waals surface area contributed by atoms with Crippen LogP contribution in [0.3, 0.4) is 0 Å². The van der Waals surface area contributed by atoms with Gasteiger partial charge in [-0.25, -0.2) is 19.1 Å². The minimum Gasteiger partial charge on any atom is -0.465 e. The number of nitrogens with one attached hydrogen (secondary N) is 1. The first kappa shape index (κ1) is 16.5. The number of carboxylic acid groups (broad SMARTS) is 1. The lowest BCUT2D eigenvalue weighted by Crippen LogP contribution is -2.41. The lowest BCUT2D eigenvalue weighted by Gasteiger charge is -2.31. The topological polar surface area (TPSA) is 109 Å². The molecule has 28 heavy (non-hydrogen) atoms. The maximum atomic E-state index is 12.6. The van der Waals surface area contributed by atoms with Crippen molar-refractivity contribution in [2.45, 2.75) is 18.9 Å². The van der Waals surface area contributed by atoms with Crippen molar-refractivity contribution in [3.05, 3.63) is 53.2 Å². The Kier molecular flexibility index (Phi) is 3.68. The average molecular weight is 378 g/mol. The highest BCUT2D eigenvalue weighted by Crippen LogP contribution is 2.27. The maximum absolute atomic E-state index is 12.6. The highest BCUT2D eigenvalue weighted by molar-refractivity contribution is 5.82. The van der Waals surface area contributed by atoms with E-state index in [4.69, 9.17) is 4.98 Å². The number of pyridine rings is 2. The van der Waals surface area contributed by atoms with Crippen molar-refractivity contribution in [3.8, 4) is 11.3 Å². The normalized spacial score (nSPS) is 17.4. The zero-order valence-electron chi connectivity index (χ0n) is 14.9. The smallest absolute Gasteiger partial charge is 0.407 e. The van der Waals surface area contributed by atoms with Gasteiger partial charge in [0.25, 0.3) is 0 Å². The van der Waals surface area contributed by atoms with Gasteiger partial charge in [-0.1, -0.05) is 6.07 Å². The van der Waals surface area contributed by atoms with Gasteiger partial charge in [0.2, 0.25) is 0 Å². The molecule has 1 saturated heterocycles. The molecule has 0 radical (unpaired) electrons. The Balaban J connectivity index is 1.63. The van der Waals surface area contributed by atoms with E-state index in [0.29, 0.717) is 29.8 Å². The molecule has 9 nitrogen and oxygen atoms in total. The minimum atomic E-state index is -0.961. The van der Waals surface area contributed by atoms with Crippen LogP contribution in [0.15, 0.2) is 47.5 Å². The van der Waals surface area contributed by atoms with Gasteiger partial charge in [-0.15, -0.1) is 0 Å². The van der Waals surface area contributed by atoms with Crippen LogP contribution in [-0.4, -0.2) is 53.3 Å². The van der Waals surface area contributed by atoms with E-state index in [9.17, 15) is 14.7 Å². The molecule has 1 atom stereocenters. The molecule has 9 heteroatoms. The number of hydrogen-bond donors (Lipinski definition) is 2. The second kappa shape index (κ2) is 6.22. The third-order valence-electron chi connectivity index (χ3n) is 5.30. The number of H-pyrrole nitrogens is 1. The molecule has 1 aliphatic rings. The molecule has 0 aromatic carbocycles. The molecule has 1 fully saturated rings. The quantitative estimate of drug-likeness (QED) is 0.557. The van der Waals surface area contributed by atoms with Crippen LogP contribution in [0.5, 0.6) is 0 Å². The van der Waals surface area contributed by atoms with E-state index in [-0.39, 0.29) is 18.3 Å². The summed E-state index contributed by atoms with van der Waals surface area (Å²) < 4.78 is 3.37. The summed E-state index contributed by atoms with van der Waals surface area (Å²) in [5, 5.41) is 13.7. The number of hydrogen-bond acceptors (Lipinski definition) is 4. The summed E-state index contributed by atoms with van der Waals surface area (Å²) in [5.74, 6) is 0. The summed E-state index contributed by atoms with van der Waals surface area (Å²) in [4.78, 5) is 32.9. The molecule has 5 rings (SSSR count). The van der Waals surface area contributed by atoms with Crippen LogP contribution in [0.4, 0.5) is 4.79 Å². The van der Waals surface area contributed by atoms with Crippen molar-refractivity contribution in [2.75, 3.05) is 13.1 Å². The van der Waals surface area contributed by atoms with Gasteiger partial charge in [-0.2, -0.15) is 5.10 Å². The monoisotopic (exact) mass is 378 g/mol. The molecule has 2 N–H and O–H groups in total. The average Bonchev–Trinajstić information content (AvgIpc) is 3.27.